The van der Waals surface area contributed by atoms with Gasteiger partial charge in [-0.3, -0.25) is 0 Å². The van der Waals surface area contributed by atoms with Crippen molar-refractivity contribution in [1.82, 2.24) is 5.32 Å². The van der Waals surface area contributed by atoms with Crippen LogP contribution >= 0.6 is 0 Å². The molecule has 1 aromatic carbocycles. The maximum Gasteiger partial charge on any atom is 0.180 e. The lowest BCUT2D eigenvalue weighted by Gasteiger charge is -2.20. The Morgan fingerprint density at radius 1 is 1.24 bits per heavy atom. The van der Waals surface area contributed by atoms with E-state index in [9.17, 15) is 8.42 Å². The molecule has 0 amide bonds. The van der Waals surface area contributed by atoms with E-state index in [1.165, 1.54) is 0 Å². The molecule has 0 aliphatic carbocycles. The summed E-state index contributed by atoms with van der Waals surface area (Å²) in [5, 5.41) is 3.07. The van der Waals surface area contributed by atoms with E-state index < -0.39 is 9.84 Å². The van der Waals surface area contributed by atoms with Crippen molar-refractivity contribution in [1.29, 1.82) is 0 Å². The summed E-state index contributed by atoms with van der Waals surface area (Å²) in [6, 6.07) is 7.12. The van der Waals surface area contributed by atoms with Gasteiger partial charge >= 0.3 is 0 Å². The van der Waals surface area contributed by atoms with Gasteiger partial charge in [-0.05, 0) is 31.5 Å². The molecule has 0 saturated heterocycles. The molecule has 1 unspecified atom stereocenters. The Labute approximate surface area is 104 Å². The molecule has 4 heteroatoms. The smallest absolute Gasteiger partial charge is 0.180 e. The minimum absolute atomic E-state index is 0.0143. The highest BCUT2D eigenvalue weighted by molar-refractivity contribution is 7.91. The quantitative estimate of drug-likeness (QED) is 0.875. The van der Waals surface area contributed by atoms with E-state index >= 15 is 0 Å². The Hall–Kier alpha value is -0.870. The van der Waals surface area contributed by atoms with Crippen LogP contribution in [-0.2, 0) is 9.84 Å². The van der Waals surface area contributed by atoms with Crippen LogP contribution in [0.2, 0.25) is 0 Å². The van der Waals surface area contributed by atoms with Crippen molar-refractivity contribution in [2.24, 2.45) is 5.92 Å². The maximum absolute atomic E-state index is 12.3. The second kappa shape index (κ2) is 5.65. The Balaban J connectivity index is 3.01. The Morgan fingerprint density at radius 3 is 2.29 bits per heavy atom. The molecule has 17 heavy (non-hydrogen) atoms. The van der Waals surface area contributed by atoms with Crippen molar-refractivity contribution in [3.05, 3.63) is 29.8 Å². The lowest BCUT2D eigenvalue weighted by molar-refractivity contribution is 0.455. The van der Waals surface area contributed by atoms with Crippen LogP contribution in [0.1, 0.15) is 19.4 Å². The molecular formula is C13H21NO2S. The van der Waals surface area contributed by atoms with E-state index in [4.69, 9.17) is 0 Å². The first-order valence-electron chi connectivity index (χ1n) is 5.84. The monoisotopic (exact) mass is 255 g/mol. The molecule has 96 valence electrons. The summed E-state index contributed by atoms with van der Waals surface area (Å²) >= 11 is 0. The average molecular weight is 255 g/mol. The maximum atomic E-state index is 12.3. The summed E-state index contributed by atoms with van der Waals surface area (Å²) in [7, 11) is -1.41. The standard InChI is InChI=1S/C13H21NO2S/c1-10(2)12(14-4)9-17(15,16)13-8-6-5-7-11(13)3/h5-8,10,12,14H,9H2,1-4H3. The fraction of sp³-hybridized carbons (Fsp3) is 0.538. The van der Waals surface area contributed by atoms with E-state index in [1.807, 2.05) is 32.9 Å². The van der Waals surface area contributed by atoms with E-state index in [0.29, 0.717) is 10.8 Å². The van der Waals surface area contributed by atoms with Crippen LogP contribution in [0.5, 0.6) is 0 Å². The summed E-state index contributed by atoms with van der Waals surface area (Å²) in [5.74, 6) is 0.435. The lowest BCUT2D eigenvalue weighted by atomic mass is 10.1. The van der Waals surface area contributed by atoms with Crippen molar-refractivity contribution in [3.63, 3.8) is 0 Å². The van der Waals surface area contributed by atoms with Crippen LogP contribution in [-0.4, -0.2) is 27.3 Å². The van der Waals surface area contributed by atoms with Gasteiger partial charge in [-0.25, -0.2) is 8.42 Å². The topological polar surface area (TPSA) is 46.2 Å². The van der Waals surface area contributed by atoms with Gasteiger partial charge in [0.25, 0.3) is 0 Å². The molecule has 1 N–H and O–H groups in total. The molecule has 0 fully saturated rings. The van der Waals surface area contributed by atoms with Crippen molar-refractivity contribution < 1.29 is 8.42 Å². The number of nitrogens with one attached hydrogen (secondary N) is 1. The van der Waals surface area contributed by atoms with Crippen LogP contribution in [0.4, 0.5) is 0 Å². The van der Waals surface area contributed by atoms with Crippen LogP contribution in [0.15, 0.2) is 29.2 Å². The normalized spacial score (nSPS) is 13.9. The molecule has 1 atom stereocenters. The van der Waals surface area contributed by atoms with Crippen LogP contribution < -0.4 is 5.32 Å². The summed E-state index contributed by atoms with van der Waals surface area (Å²) in [5.41, 5.74) is 0.811. The highest BCUT2D eigenvalue weighted by Gasteiger charge is 2.23. The Bertz CT molecular complexity index is 466. The van der Waals surface area contributed by atoms with Gasteiger partial charge in [0.1, 0.15) is 0 Å². The largest absolute Gasteiger partial charge is 0.316 e. The second-order valence-corrected chi connectivity index (χ2v) is 6.69. The first-order valence-corrected chi connectivity index (χ1v) is 7.49. The van der Waals surface area contributed by atoms with Crippen molar-refractivity contribution >= 4 is 9.84 Å². The zero-order valence-electron chi connectivity index (χ0n) is 10.9. The number of hydrogen-bond acceptors (Lipinski definition) is 3. The molecule has 0 aromatic heterocycles. The molecule has 1 aromatic rings. The van der Waals surface area contributed by atoms with Gasteiger partial charge in [0.05, 0.1) is 10.6 Å². The number of aryl methyl sites for hydroxylation is 1. The van der Waals surface area contributed by atoms with Crippen molar-refractivity contribution in [3.8, 4) is 0 Å². The summed E-state index contributed by atoms with van der Waals surface area (Å²) in [6.07, 6.45) is 0. The van der Waals surface area contributed by atoms with E-state index in [-0.39, 0.29) is 11.8 Å². The highest BCUT2D eigenvalue weighted by atomic mass is 32.2. The minimum atomic E-state index is -3.21. The van der Waals surface area contributed by atoms with E-state index in [1.54, 1.807) is 19.2 Å². The molecule has 1 rings (SSSR count). The summed E-state index contributed by atoms with van der Waals surface area (Å²) in [6.45, 7) is 5.87. The molecule has 0 aliphatic rings. The fourth-order valence-corrected chi connectivity index (χ4v) is 3.89. The third-order valence-electron chi connectivity index (χ3n) is 3.00. The zero-order chi connectivity index (χ0) is 13.1. The lowest BCUT2D eigenvalue weighted by Crippen LogP contribution is -2.37. The SMILES string of the molecule is CNC(CS(=O)(=O)c1ccccc1C)C(C)C. The minimum Gasteiger partial charge on any atom is -0.316 e. The average Bonchev–Trinajstić information content (AvgIpc) is 2.26. The first-order chi connectivity index (χ1) is 7.88. The molecule has 0 bridgehead atoms. The third kappa shape index (κ3) is 3.54. The van der Waals surface area contributed by atoms with Gasteiger partial charge in [-0.15, -0.1) is 0 Å². The van der Waals surface area contributed by atoms with E-state index in [2.05, 4.69) is 5.32 Å². The molecule has 0 saturated carbocycles. The van der Waals surface area contributed by atoms with Crippen LogP contribution in [0.3, 0.4) is 0 Å². The zero-order valence-corrected chi connectivity index (χ0v) is 11.7. The Morgan fingerprint density at radius 2 is 1.82 bits per heavy atom. The molecule has 0 spiro atoms. The number of rotatable bonds is 5. The molecule has 0 radical (unpaired) electrons. The van der Waals surface area contributed by atoms with Crippen LogP contribution in [0, 0.1) is 12.8 Å². The predicted molar refractivity (Wildman–Crippen MR) is 70.9 cm³/mol. The van der Waals surface area contributed by atoms with Crippen molar-refractivity contribution in [2.75, 3.05) is 12.8 Å². The Kier molecular flexibility index (Phi) is 4.71. The molecular weight excluding hydrogens is 234 g/mol. The fourth-order valence-electron chi connectivity index (χ4n) is 1.84. The number of sulfone groups is 1. The second-order valence-electron chi connectivity index (χ2n) is 4.69. The third-order valence-corrected chi connectivity index (χ3v) is 4.93. The van der Waals surface area contributed by atoms with Gasteiger partial charge in [0, 0.05) is 6.04 Å². The number of hydrogen-bond donors (Lipinski definition) is 1. The molecule has 0 heterocycles. The molecule has 3 nitrogen and oxygen atoms in total. The van der Waals surface area contributed by atoms with E-state index in [0.717, 1.165) is 5.56 Å². The number of benzene rings is 1. The van der Waals surface area contributed by atoms with Gasteiger partial charge in [-0.2, -0.15) is 0 Å². The predicted octanol–water partition coefficient (Wildman–Crippen LogP) is 2.01. The summed E-state index contributed by atoms with van der Waals surface area (Å²) < 4.78 is 24.6. The van der Waals surface area contributed by atoms with Gasteiger partial charge in [-0.1, -0.05) is 32.0 Å². The molecule has 0 aliphatic heterocycles. The van der Waals surface area contributed by atoms with Crippen LogP contribution in [0.25, 0.3) is 0 Å². The summed E-state index contributed by atoms with van der Waals surface area (Å²) in [4.78, 5) is 0.445. The van der Waals surface area contributed by atoms with Gasteiger partial charge < -0.3 is 5.32 Å². The van der Waals surface area contributed by atoms with Gasteiger partial charge in [0.2, 0.25) is 0 Å². The van der Waals surface area contributed by atoms with Crippen molar-refractivity contribution in [2.45, 2.75) is 31.7 Å². The first kappa shape index (κ1) is 14.2. The highest BCUT2D eigenvalue weighted by Crippen LogP contribution is 2.18. The van der Waals surface area contributed by atoms with Gasteiger partial charge in [0.15, 0.2) is 9.84 Å².